The minimum absolute atomic E-state index is 0.169. The maximum absolute atomic E-state index is 13.1. The molecule has 2 nitrogen and oxygen atoms in total. The highest BCUT2D eigenvalue weighted by atomic mass is 16.1. The first-order valence-electron chi connectivity index (χ1n) is 9.12. The molecule has 0 aliphatic carbocycles. The van der Waals surface area contributed by atoms with Gasteiger partial charge in [-0.15, -0.1) is 0 Å². The molecule has 0 aromatic heterocycles. The van der Waals surface area contributed by atoms with Crippen molar-refractivity contribution in [2.75, 3.05) is 20.1 Å². The van der Waals surface area contributed by atoms with Crippen molar-refractivity contribution >= 4 is 17.9 Å². The monoisotopic (exact) mass is 345 g/mol. The highest BCUT2D eigenvalue weighted by Crippen LogP contribution is 2.23. The largest absolute Gasteiger partial charge is 0.298 e. The maximum atomic E-state index is 13.1. The van der Waals surface area contributed by atoms with E-state index in [1.807, 2.05) is 0 Å². The first-order valence-corrected chi connectivity index (χ1v) is 9.12. The van der Waals surface area contributed by atoms with Crippen LogP contribution in [0.15, 0.2) is 47.5 Å². The molecule has 1 aliphatic rings. The van der Waals surface area contributed by atoms with E-state index in [4.69, 9.17) is 0 Å². The van der Waals surface area contributed by atoms with Crippen molar-refractivity contribution in [2.24, 2.45) is 0 Å². The maximum Gasteiger partial charge on any atom is 0.187 e. The summed E-state index contributed by atoms with van der Waals surface area (Å²) in [4.78, 5) is 15.3. The van der Waals surface area contributed by atoms with Crippen LogP contribution >= 0.6 is 0 Å². The average Bonchev–Trinajstić information content (AvgIpc) is 2.56. The van der Waals surface area contributed by atoms with Crippen LogP contribution in [0, 0.1) is 27.7 Å². The Bertz CT molecular complexity index is 844. The predicted molar refractivity (Wildman–Crippen MR) is 110 cm³/mol. The third-order valence-electron chi connectivity index (χ3n) is 4.97. The fourth-order valence-electron chi connectivity index (χ4n) is 3.56. The van der Waals surface area contributed by atoms with E-state index in [1.54, 1.807) is 0 Å². The highest BCUT2D eigenvalue weighted by molar-refractivity contribution is 6.14. The summed E-state index contributed by atoms with van der Waals surface area (Å²) in [6, 6.07) is 12.7. The van der Waals surface area contributed by atoms with E-state index in [9.17, 15) is 4.79 Å². The van der Waals surface area contributed by atoms with Crippen LogP contribution < -0.4 is 0 Å². The number of rotatable bonds is 2. The van der Waals surface area contributed by atoms with Gasteiger partial charge < -0.3 is 0 Å². The fraction of sp³-hybridized carbons (Fsp3) is 0.292. The Labute approximate surface area is 156 Å². The Balaban J connectivity index is 1.97. The second kappa shape index (κ2) is 7.43. The van der Waals surface area contributed by atoms with Crippen LogP contribution in [0.2, 0.25) is 0 Å². The zero-order chi connectivity index (χ0) is 18.8. The summed E-state index contributed by atoms with van der Waals surface area (Å²) in [7, 11) is 2.07. The summed E-state index contributed by atoms with van der Waals surface area (Å²) in [5.41, 5.74) is 8.87. The lowest BCUT2D eigenvalue weighted by molar-refractivity contribution is -0.113. The van der Waals surface area contributed by atoms with Gasteiger partial charge in [0.25, 0.3) is 0 Å². The van der Waals surface area contributed by atoms with Crippen molar-refractivity contribution in [3.05, 3.63) is 80.9 Å². The van der Waals surface area contributed by atoms with E-state index < -0.39 is 0 Å². The summed E-state index contributed by atoms with van der Waals surface area (Å²) in [6.45, 7) is 9.76. The number of likely N-dealkylation sites (N-methyl/N-ethyl adjacent to an activating group) is 1. The van der Waals surface area contributed by atoms with Crippen molar-refractivity contribution in [3.8, 4) is 0 Å². The smallest absolute Gasteiger partial charge is 0.187 e. The molecule has 2 heteroatoms. The molecule has 0 unspecified atom stereocenters. The Hall–Kier alpha value is -2.45. The van der Waals surface area contributed by atoms with E-state index in [-0.39, 0.29) is 5.78 Å². The summed E-state index contributed by atoms with van der Waals surface area (Å²) in [5.74, 6) is 0.169. The molecule has 0 atom stereocenters. The van der Waals surface area contributed by atoms with Crippen LogP contribution in [-0.2, 0) is 4.79 Å². The van der Waals surface area contributed by atoms with Gasteiger partial charge in [-0.25, -0.2) is 0 Å². The first-order chi connectivity index (χ1) is 12.3. The molecule has 0 amide bonds. The molecule has 26 heavy (non-hydrogen) atoms. The van der Waals surface area contributed by atoms with Gasteiger partial charge in [0.1, 0.15) is 0 Å². The number of carbonyl (C=O) groups is 1. The molecule has 1 fully saturated rings. The van der Waals surface area contributed by atoms with Crippen LogP contribution in [0.3, 0.4) is 0 Å². The number of carbonyl (C=O) groups excluding carboxylic acids is 1. The van der Waals surface area contributed by atoms with E-state index in [0.29, 0.717) is 13.1 Å². The van der Waals surface area contributed by atoms with Gasteiger partial charge in [0, 0.05) is 24.2 Å². The Morgan fingerprint density at radius 1 is 0.769 bits per heavy atom. The van der Waals surface area contributed by atoms with Gasteiger partial charge in [-0.2, -0.15) is 0 Å². The standard InChI is InChI=1S/C24H27NO/c1-16-6-8-20(18(3)10-16)12-22-14-25(5)15-23(24(22)26)13-21-9-7-17(2)11-19(21)4/h6-13H,14-15H2,1-5H3/b22-12+,23-13+. The quantitative estimate of drug-likeness (QED) is 0.722. The van der Waals surface area contributed by atoms with Gasteiger partial charge in [0.2, 0.25) is 0 Å². The molecule has 1 aliphatic heterocycles. The summed E-state index contributed by atoms with van der Waals surface area (Å²) < 4.78 is 0. The van der Waals surface area contributed by atoms with Gasteiger partial charge in [-0.1, -0.05) is 47.5 Å². The number of benzene rings is 2. The summed E-state index contributed by atoms with van der Waals surface area (Å²) >= 11 is 0. The molecule has 0 spiro atoms. The normalized spacial score (nSPS) is 18.7. The second-order valence-electron chi connectivity index (χ2n) is 7.56. The number of ketones is 1. The molecule has 0 bridgehead atoms. The van der Waals surface area contributed by atoms with Crippen LogP contribution in [0.4, 0.5) is 0 Å². The SMILES string of the molecule is Cc1ccc(/C=C2\CN(C)C/C(=C\c3ccc(C)cc3C)C2=O)c(C)c1. The van der Waals surface area contributed by atoms with Crippen molar-refractivity contribution in [2.45, 2.75) is 27.7 Å². The lowest BCUT2D eigenvalue weighted by Crippen LogP contribution is -2.34. The average molecular weight is 345 g/mol. The predicted octanol–water partition coefficient (Wildman–Crippen LogP) is 4.90. The third-order valence-corrected chi connectivity index (χ3v) is 4.97. The number of likely N-dealkylation sites (tertiary alicyclic amines) is 1. The molecule has 1 heterocycles. The van der Waals surface area contributed by atoms with Crippen LogP contribution in [-0.4, -0.2) is 30.8 Å². The van der Waals surface area contributed by atoms with Crippen LogP contribution in [0.5, 0.6) is 0 Å². The van der Waals surface area contributed by atoms with Crippen molar-refractivity contribution in [1.29, 1.82) is 0 Å². The molecule has 134 valence electrons. The lowest BCUT2D eigenvalue weighted by atomic mass is 9.92. The van der Waals surface area contributed by atoms with E-state index in [1.165, 1.54) is 22.3 Å². The van der Waals surface area contributed by atoms with Gasteiger partial charge in [0.05, 0.1) is 0 Å². The number of hydrogen-bond acceptors (Lipinski definition) is 2. The zero-order valence-corrected chi connectivity index (χ0v) is 16.4. The fourth-order valence-corrected chi connectivity index (χ4v) is 3.56. The molecule has 0 saturated carbocycles. The summed E-state index contributed by atoms with van der Waals surface area (Å²) in [6.07, 6.45) is 4.12. The third kappa shape index (κ3) is 4.03. The minimum Gasteiger partial charge on any atom is -0.298 e. The van der Waals surface area contributed by atoms with Crippen molar-refractivity contribution in [3.63, 3.8) is 0 Å². The Kier molecular flexibility index (Phi) is 5.24. The number of hydrogen-bond donors (Lipinski definition) is 0. The van der Waals surface area contributed by atoms with Crippen molar-refractivity contribution in [1.82, 2.24) is 4.90 Å². The van der Waals surface area contributed by atoms with E-state index in [0.717, 1.165) is 22.3 Å². The number of nitrogens with zero attached hydrogens (tertiary/aromatic N) is 1. The van der Waals surface area contributed by atoms with Crippen LogP contribution in [0.25, 0.3) is 12.2 Å². The molecule has 0 N–H and O–H groups in total. The molecule has 0 radical (unpaired) electrons. The molecular formula is C24H27NO. The minimum atomic E-state index is 0.169. The Morgan fingerprint density at radius 2 is 1.19 bits per heavy atom. The molecule has 1 saturated heterocycles. The summed E-state index contributed by atoms with van der Waals surface area (Å²) in [5, 5.41) is 0. The van der Waals surface area contributed by atoms with E-state index >= 15 is 0 Å². The van der Waals surface area contributed by atoms with Gasteiger partial charge in [-0.3, -0.25) is 9.69 Å². The topological polar surface area (TPSA) is 20.3 Å². The number of Topliss-reactive ketones (excluding diaryl/α,β-unsaturated/α-hetero) is 1. The highest BCUT2D eigenvalue weighted by Gasteiger charge is 2.24. The lowest BCUT2D eigenvalue weighted by Gasteiger charge is -2.26. The van der Waals surface area contributed by atoms with Gasteiger partial charge >= 0.3 is 0 Å². The van der Waals surface area contributed by atoms with Gasteiger partial charge in [0.15, 0.2) is 5.78 Å². The zero-order valence-electron chi connectivity index (χ0n) is 16.4. The van der Waals surface area contributed by atoms with Crippen LogP contribution in [0.1, 0.15) is 33.4 Å². The Morgan fingerprint density at radius 3 is 1.58 bits per heavy atom. The first kappa shape index (κ1) is 18.3. The number of aryl methyl sites for hydroxylation is 4. The van der Waals surface area contributed by atoms with Gasteiger partial charge in [-0.05, 0) is 69.1 Å². The second-order valence-corrected chi connectivity index (χ2v) is 7.56. The number of piperidine rings is 1. The van der Waals surface area contributed by atoms with Crippen molar-refractivity contribution < 1.29 is 4.79 Å². The molecule has 2 aromatic rings. The molecular weight excluding hydrogens is 318 g/mol. The molecule has 2 aromatic carbocycles. The van der Waals surface area contributed by atoms with E-state index in [2.05, 4.69) is 88.2 Å². The molecule has 3 rings (SSSR count).